The highest BCUT2D eigenvalue weighted by Crippen LogP contribution is 2.29. The topological polar surface area (TPSA) is 98.9 Å². The summed E-state index contributed by atoms with van der Waals surface area (Å²) in [7, 11) is 0. The summed E-state index contributed by atoms with van der Waals surface area (Å²) in [5, 5.41) is 7.74. The lowest BCUT2D eigenvalue weighted by Crippen LogP contribution is -2.29. The Labute approximate surface area is 222 Å². The van der Waals surface area contributed by atoms with Gasteiger partial charge in [-0.3, -0.25) is 19.4 Å². The Balaban J connectivity index is 1.73. The number of thiazole rings is 1. The van der Waals surface area contributed by atoms with Crippen LogP contribution in [0.1, 0.15) is 40.1 Å². The quantitative estimate of drug-likeness (QED) is 0.271. The second kappa shape index (κ2) is 10.2. The molecular formula is C23H21BrClN5O3S2. The van der Waals surface area contributed by atoms with Gasteiger partial charge >= 0.3 is 0 Å². The molecule has 0 aromatic carbocycles. The highest BCUT2D eigenvalue weighted by Gasteiger charge is 2.28. The molecule has 35 heavy (non-hydrogen) atoms. The van der Waals surface area contributed by atoms with E-state index in [1.165, 1.54) is 38.1 Å². The van der Waals surface area contributed by atoms with Crippen LogP contribution in [0, 0.1) is 5.41 Å². The number of carbonyl (C=O) groups excluding carboxylic acids is 2. The van der Waals surface area contributed by atoms with Crippen molar-refractivity contribution in [3.63, 3.8) is 0 Å². The molecule has 0 aliphatic carbocycles. The number of nitrogens with one attached hydrogen (secondary N) is 1. The van der Waals surface area contributed by atoms with Crippen molar-refractivity contribution < 1.29 is 9.59 Å². The Bertz CT molecular complexity index is 1450. The maximum absolute atomic E-state index is 13.4. The van der Waals surface area contributed by atoms with Crippen molar-refractivity contribution in [3.8, 4) is 11.3 Å². The summed E-state index contributed by atoms with van der Waals surface area (Å²) in [6.45, 7) is 5.71. The fourth-order valence-corrected chi connectivity index (χ4v) is 5.29. The number of halogens is 2. The molecule has 4 aromatic rings. The van der Waals surface area contributed by atoms with Crippen LogP contribution < -0.4 is 10.9 Å². The summed E-state index contributed by atoms with van der Waals surface area (Å²) >= 11 is 12.1. The SMILES string of the molecule is CC(C)(C)C(=O)n1nc(-c2c(Br)ccn(CC(=O)c3cncs3)c2=O)cc1NCc1ccc(Cl)s1. The lowest BCUT2D eigenvalue weighted by molar-refractivity contribution is 0.0752. The Hall–Kier alpha value is -2.60. The molecule has 0 spiro atoms. The van der Waals surface area contributed by atoms with Gasteiger partial charge in [-0.2, -0.15) is 9.78 Å². The summed E-state index contributed by atoms with van der Waals surface area (Å²) in [4.78, 5) is 44.5. The molecule has 4 aromatic heterocycles. The summed E-state index contributed by atoms with van der Waals surface area (Å²) in [5.74, 6) is 0.00313. The molecule has 8 nitrogen and oxygen atoms in total. The van der Waals surface area contributed by atoms with Crippen LogP contribution in [0.3, 0.4) is 0 Å². The second-order valence-corrected chi connectivity index (χ2v) is 12.2. The van der Waals surface area contributed by atoms with E-state index in [4.69, 9.17) is 11.6 Å². The first-order chi connectivity index (χ1) is 16.5. The molecule has 182 valence electrons. The molecule has 0 fully saturated rings. The summed E-state index contributed by atoms with van der Waals surface area (Å²) in [6.07, 6.45) is 3.03. The van der Waals surface area contributed by atoms with E-state index in [0.29, 0.717) is 31.7 Å². The molecule has 0 radical (unpaired) electrons. The minimum Gasteiger partial charge on any atom is -0.365 e. The van der Waals surface area contributed by atoms with Crippen LogP contribution in [0.5, 0.6) is 0 Å². The van der Waals surface area contributed by atoms with E-state index < -0.39 is 11.0 Å². The Morgan fingerprint density at radius 2 is 2.00 bits per heavy atom. The van der Waals surface area contributed by atoms with Crippen LogP contribution in [0.15, 0.2) is 51.4 Å². The van der Waals surface area contributed by atoms with E-state index in [1.54, 1.807) is 44.6 Å². The van der Waals surface area contributed by atoms with E-state index in [2.05, 4.69) is 31.3 Å². The first-order valence-corrected chi connectivity index (χ1v) is 13.4. The number of hydrogen-bond acceptors (Lipinski definition) is 8. The van der Waals surface area contributed by atoms with E-state index in [0.717, 1.165) is 4.88 Å². The largest absolute Gasteiger partial charge is 0.365 e. The molecule has 0 aliphatic heterocycles. The van der Waals surface area contributed by atoms with Gasteiger partial charge in [-0.15, -0.1) is 22.7 Å². The average molecular weight is 595 g/mol. The van der Waals surface area contributed by atoms with Crippen LogP contribution >= 0.6 is 50.2 Å². The van der Waals surface area contributed by atoms with Gasteiger partial charge in [0.05, 0.1) is 33.4 Å². The molecule has 0 amide bonds. The molecule has 1 N–H and O–H groups in total. The second-order valence-electron chi connectivity index (χ2n) is 8.70. The molecule has 0 saturated carbocycles. The minimum absolute atomic E-state index is 0.132. The monoisotopic (exact) mass is 593 g/mol. The molecule has 0 saturated heterocycles. The van der Waals surface area contributed by atoms with Gasteiger partial charge in [0.1, 0.15) is 11.5 Å². The molecule has 12 heteroatoms. The number of thiophene rings is 1. The van der Waals surface area contributed by atoms with Gasteiger partial charge in [0, 0.05) is 33.2 Å². The van der Waals surface area contributed by atoms with E-state index in [1.807, 2.05) is 12.1 Å². The number of pyridine rings is 1. The van der Waals surface area contributed by atoms with Crippen LogP contribution in [0.2, 0.25) is 4.34 Å². The highest BCUT2D eigenvalue weighted by atomic mass is 79.9. The van der Waals surface area contributed by atoms with Crippen molar-refractivity contribution in [2.45, 2.75) is 33.9 Å². The zero-order chi connectivity index (χ0) is 25.3. The third-order valence-electron chi connectivity index (χ3n) is 5.01. The molecule has 0 atom stereocenters. The zero-order valence-corrected chi connectivity index (χ0v) is 23.0. The van der Waals surface area contributed by atoms with Crippen molar-refractivity contribution in [1.82, 2.24) is 19.3 Å². The van der Waals surface area contributed by atoms with Crippen molar-refractivity contribution in [1.29, 1.82) is 0 Å². The zero-order valence-electron chi connectivity index (χ0n) is 19.0. The minimum atomic E-state index is -0.707. The Morgan fingerprint density at radius 3 is 2.63 bits per heavy atom. The standard InChI is InChI=1S/C23H21BrClN5O3S2/c1-23(2,3)22(33)30-19(27-9-13-4-5-18(25)35-13)8-15(28-30)20-14(24)6-7-29(21(20)32)11-16(31)17-10-26-12-34-17/h4-8,10,12,27H,9,11H2,1-3H3. The number of Topliss-reactive ketones (excluding diaryl/α,β-unsaturated/α-hetero) is 1. The van der Waals surface area contributed by atoms with Crippen molar-refractivity contribution in [3.05, 3.63) is 71.1 Å². The normalized spacial score (nSPS) is 11.6. The third kappa shape index (κ3) is 5.64. The molecule has 0 unspecified atom stereocenters. The molecule has 0 aliphatic rings. The predicted octanol–water partition coefficient (Wildman–Crippen LogP) is 5.83. The average Bonchev–Trinajstić information content (AvgIpc) is 3.54. The van der Waals surface area contributed by atoms with E-state index >= 15 is 0 Å². The van der Waals surface area contributed by atoms with Crippen molar-refractivity contribution in [2.75, 3.05) is 5.32 Å². The van der Waals surface area contributed by atoms with Crippen molar-refractivity contribution >= 4 is 67.7 Å². The van der Waals surface area contributed by atoms with Gasteiger partial charge in [-0.25, -0.2) is 0 Å². The predicted molar refractivity (Wildman–Crippen MR) is 143 cm³/mol. The van der Waals surface area contributed by atoms with Gasteiger partial charge in [0.25, 0.3) is 11.5 Å². The molecule has 4 heterocycles. The van der Waals surface area contributed by atoms with Gasteiger partial charge < -0.3 is 9.88 Å². The van der Waals surface area contributed by atoms with Gasteiger partial charge in [-0.05, 0) is 34.1 Å². The van der Waals surface area contributed by atoms with Crippen LogP contribution in [-0.2, 0) is 13.1 Å². The fraction of sp³-hybridized carbons (Fsp3) is 0.261. The van der Waals surface area contributed by atoms with E-state index in [-0.39, 0.29) is 23.8 Å². The number of nitrogens with zero attached hydrogens (tertiary/aromatic N) is 4. The molecular weight excluding hydrogens is 574 g/mol. The van der Waals surface area contributed by atoms with E-state index in [9.17, 15) is 14.4 Å². The smallest absolute Gasteiger partial charge is 0.261 e. The Morgan fingerprint density at radius 1 is 1.23 bits per heavy atom. The van der Waals surface area contributed by atoms with Gasteiger partial charge in [-0.1, -0.05) is 32.4 Å². The number of rotatable bonds is 7. The molecule has 0 bridgehead atoms. The maximum atomic E-state index is 13.4. The number of hydrogen-bond donors (Lipinski definition) is 1. The summed E-state index contributed by atoms with van der Waals surface area (Å²) in [5.41, 5.74) is 1.03. The first kappa shape index (κ1) is 25.5. The fourth-order valence-electron chi connectivity index (χ4n) is 3.22. The van der Waals surface area contributed by atoms with Crippen LogP contribution in [-0.4, -0.2) is 31.0 Å². The Kier molecular flexibility index (Phi) is 7.41. The van der Waals surface area contributed by atoms with Crippen molar-refractivity contribution in [2.24, 2.45) is 5.41 Å². The maximum Gasteiger partial charge on any atom is 0.261 e. The van der Waals surface area contributed by atoms with Crippen LogP contribution in [0.4, 0.5) is 5.82 Å². The third-order valence-corrected chi connectivity index (χ3v) is 7.71. The number of ketones is 1. The van der Waals surface area contributed by atoms with Crippen LogP contribution in [0.25, 0.3) is 11.3 Å². The lowest BCUT2D eigenvalue weighted by atomic mass is 9.96. The van der Waals surface area contributed by atoms with Gasteiger partial charge in [0.15, 0.2) is 5.78 Å². The van der Waals surface area contributed by atoms with Gasteiger partial charge in [0.2, 0.25) is 0 Å². The first-order valence-electron chi connectivity index (χ1n) is 10.5. The lowest BCUT2D eigenvalue weighted by Gasteiger charge is -2.18. The number of aromatic nitrogens is 4. The summed E-state index contributed by atoms with van der Waals surface area (Å²) in [6, 6.07) is 7.06. The summed E-state index contributed by atoms with van der Waals surface area (Å²) < 4.78 is 3.79. The molecule has 4 rings (SSSR count). The number of anilines is 1. The number of carbonyl (C=O) groups is 2. The highest BCUT2D eigenvalue weighted by molar-refractivity contribution is 9.10.